The number of fused-ring (bicyclic) bond motifs is 1. The third-order valence-corrected chi connectivity index (χ3v) is 6.03. The molecule has 0 saturated carbocycles. The second-order valence-corrected chi connectivity index (χ2v) is 8.11. The number of para-hydroxylation sites is 1. The minimum Gasteiger partial charge on any atom is -0.369 e. The second-order valence-electron chi connectivity index (χ2n) is 8.11. The van der Waals surface area contributed by atoms with Gasteiger partial charge in [-0.3, -0.25) is 14.3 Å². The van der Waals surface area contributed by atoms with E-state index in [2.05, 4.69) is 53.1 Å². The summed E-state index contributed by atoms with van der Waals surface area (Å²) in [5.41, 5.74) is 2.74. The number of rotatable bonds is 7. The van der Waals surface area contributed by atoms with Crippen LogP contribution in [0.3, 0.4) is 0 Å². The highest BCUT2D eigenvalue weighted by molar-refractivity contribution is 5.89. The number of nitrogens with zero attached hydrogens (tertiary/aromatic N) is 3. The van der Waals surface area contributed by atoms with E-state index in [0.717, 1.165) is 56.3 Å². The first kappa shape index (κ1) is 19.7. The van der Waals surface area contributed by atoms with Crippen LogP contribution in [-0.2, 0) is 0 Å². The van der Waals surface area contributed by atoms with E-state index in [0.29, 0.717) is 6.42 Å². The zero-order valence-electron chi connectivity index (χ0n) is 17.4. The van der Waals surface area contributed by atoms with Crippen LogP contribution < -0.4 is 4.90 Å². The fourth-order valence-corrected chi connectivity index (χ4v) is 4.28. The van der Waals surface area contributed by atoms with E-state index in [1.165, 1.54) is 17.7 Å². The summed E-state index contributed by atoms with van der Waals surface area (Å²) in [5, 5.41) is 2.26. The van der Waals surface area contributed by atoms with Crippen LogP contribution in [0.2, 0.25) is 0 Å². The smallest absolute Gasteiger partial charge is 0.230 e. The molecule has 0 radical (unpaired) electrons. The number of unbranched alkanes of at least 4 members (excludes halogenated alkanes) is 2. The van der Waals surface area contributed by atoms with Crippen LogP contribution in [0.15, 0.2) is 60.9 Å². The van der Waals surface area contributed by atoms with Gasteiger partial charge in [-0.25, -0.2) is 0 Å². The summed E-state index contributed by atoms with van der Waals surface area (Å²) in [6, 6.07) is 16.8. The first-order valence-electron chi connectivity index (χ1n) is 10.8. The molecule has 4 nitrogen and oxygen atoms in total. The molecule has 0 amide bonds. The van der Waals surface area contributed by atoms with E-state index < -0.39 is 0 Å². The van der Waals surface area contributed by atoms with E-state index in [1.807, 2.05) is 24.5 Å². The number of piperazine rings is 1. The first-order chi connectivity index (χ1) is 14.2. The standard InChI is InChI=1S/C25H31N3O/c1-21-9-4-7-12-24(21)27-17-15-26(16-18-27)14-8-2-3-13-25(29)28-19-22-10-5-6-11-23(22)20-28/h4-7,9-12,19-20H,2-3,8,13-18H2,1H3. The van der Waals surface area contributed by atoms with Gasteiger partial charge in [0.25, 0.3) is 0 Å². The van der Waals surface area contributed by atoms with Gasteiger partial charge in [0, 0.05) is 50.7 Å². The number of anilines is 1. The monoisotopic (exact) mass is 389 g/mol. The van der Waals surface area contributed by atoms with E-state index in [-0.39, 0.29) is 5.91 Å². The fraction of sp³-hybridized carbons (Fsp3) is 0.400. The molecule has 0 N–H and O–H groups in total. The van der Waals surface area contributed by atoms with Gasteiger partial charge in [-0.15, -0.1) is 0 Å². The van der Waals surface area contributed by atoms with Crippen molar-refractivity contribution in [1.82, 2.24) is 9.47 Å². The Hall–Kier alpha value is -2.59. The number of benzene rings is 2. The third-order valence-electron chi connectivity index (χ3n) is 6.03. The van der Waals surface area contributed by atoms with Gasteiger partial charge >= 0.3 is 0 Å². The maximum absolute atomic E-state index is 12.4. The van der Waals surface area contributed by atoms with Gasteiger partial charge in [-0.2, -0.15) is 0 Å². The average Bonchev–Trinajstić information content (AvgIpc) is 3.19. The summed E-state index contributed by atoms with van der Waals surface area (Å²) in [6.07, 6.45) is 7.78. The number of hydrogen-bond acceptors (Lipinski definition) is 3. The molecule has 1 aliphatic heterocycles. The Labute approximate surface area is 173 Å². The quantitative estimate of drug-likeness (QED) is 0.534. The Balaban J connectivity index is 1.14. The highest BCUT2D eigenvalue weighted by Crippen LogP contribution is 2.21. The van der Waals surface area contributed by atoms with Crippen LogP contribution in [0.4, 0.5) is 5.69 Å². The van der Waals surface area contributed by atoms with Crippen molar-refractivity contribution in [2.24, 2.45) is 0 Å². The summed E-state index contributed by atoms with van der Waals surface area (Å²) in [4.78, 5) is 17.5. The molecule has 29 heavy (non-hydrogen) atoms. The van der Waals surface area contributed by atoms with E-state index in [9.17, 15) is 4.79 Å². The molecule has 152 valence electrons. The summed E-state index contributed by atoms with van der Waals surface area (Å²) >= 11 is 0. The zero-order chi connectivity index (χ0) is 20.1. The van der Waals surface area contributed by atoms with Crippen LogP contribution in [0.5, 0.6) is 0 Å². The molecule has 0 spiro atoms. The minimum absolute atomic E-state index is 0.202. The molecule has 1 aliphatic rings. The number of aromatic nitrogens is 1. The third kappa shape index (κ3) is 4.88. The highest BCUT2D eigenvalue weighted by Gasteiger charge is 2.17. The van der Waals surface area contributed by atoms with Crippen LogP contribution in [0.25, 0.3) is 10.8 Å². The lowest BCUT2D eigenvalue weighted by molar-refractivity contribution is 0.0899. The van der Waals surface area contributed by atoms with Gasteiger partial charge in [0.1, 0.15) is 0 Å². The molecular weight excluding hydrogens is 358 g/mol. The highest BCUT2D eigenvalue weighted by atomic mass is 16.1. The Morgan fingerprint density at radius 1 is 0.828 bits per heavy atom. The van der Waals surface area contributed by atoms with Crippen molar-refractivity contribution < 1.29 is 4.79 Å². The van der Waals surface area contributed by atoms with Gasteiger partial charge in [0.15, 0.2) is 0 Å². The summed E-state index contributed by atoms with van der Waals surface area (Å²) in [7, 11) is 0. The molecule has 1 saturated heterocycles. The number of carbonyl (C=O) groups is 1. The van der Waals surface area contributed by atoms with Crippen LogP contribution in [-0.4, -0.2) is 48.1 Å². The Kier molecular flexibility index (Phi) is 6.30. The van der Waals surface area contributed by atoms with Crippen molar-refractivity contribution in [3.8, 4) is 0 Å². The van der Waals surface area contributed by atoms with Crippen molar-refractivity contribution in [3.05, 3.63) is 66.5 Å². The summed E-state index contributed by atoms with van der Waals surface area (Å²) < 4.78 is 1.76. The van der Waals surface area contributed by atoms with E-state index >= 15 is 0 Å². The zero-order valence-corrected chi connectivity index (χ0v) is 17.4. The van der Waals surface area contributed by atoms with Gasteiger partial charge in [0.05, 0.1) is 0 Å². The average molecular weight is 390 g/mol. The van der Waals surface area contributed by atoms with Crippen molar-refractivity contribution in [1.29, 1.82) is 0 Å². The van der Waals surface area contributed by atoms with Gasteiger partial charge in [-0.1, -0.05) is 48.9 Å². The second kappa shape index (κ2) is 9.27. The lowest BCUT2D eigenvalue weighted by Crippen LogP contribution is -2.46. The molecular formula is C25H31N3O. The van der Waals surface area contributed by atoms with Gasteiger partial charge in [-0.05, 0) is 48.7 Å². The van der Waals surface area contributed by atoms with E-state index in [4.69, 9.17) is 0 Å². The van der Waals surface area contributed by atoms with Crippen molar-refractivity contribution in [2.45, 2.75) is 32.6 Å². The molecule has 0 bridgehead atoms. The maximum atomic E-state index is 12.4. The maximum Gasteiger partial charge on any atom is 0.230 e. The predicted octanol–water partition coefficient (Wildman–Crippen LogP) is 4.97. The van der Waals surface area contributed by atoms with Crippen molar-refractivity contribution in [3.63, 3.8) is 0 Å². The summed E-state index contributed by atoms with van der Waals surface area (Å²) in [6.45, 7) is 7.80. The largest absolute Gasteiger partial charge is 0.369 e. The van der Waals surface area contributed by atoms with E-state index in [1.54, 1.807) is 4.57 Å². The topological polar surface area (TPSA) is 28.5 Å². The van der Waals surface area contributed by atoms with Gasteiger partial charge < -0.3 is 4.90 Å². The fourth-order valence-electron chi connectivity index (χ4n) is 4.28. The molecule has 4 heteroatoms. The van der Waals surface area contributed by atoms with Crippen molar-refractivity contribution >= 4 is 22.4 Å². The number of aryl methyl sites for hydroxylation is 1. The SMILES string of the molecule is Cc1ccccc1N1CCN(CCCCCC(=O)n2cc3ccccc3c2)CC1. The lowest BCUT2D eigenvalue weighted by Gasteiger charge is -2.36. The van der Waals surface area contributed by atoms with Crippen LogP contribution >= 0.6 is 0 Å². The summed E-state index contributed by atoms with van der Waals surface area (Å²) in [5.74, 6) is 0.202. The lowest BCUT2D eigenvalue weighted by atomic mass is 10.1. The van der Waals surface area contributed by atoms with Crippen molar-refractivity contribution in [2.75, 3.05) is 37.6 Å². The van der Waals surface area contributed by atoms with Gasteiger partial charge in [0.2, 0.25) is 5.91 Å². The predicted molar refractivity (Wildman–Crippen MR) is 121 cm³/mol. The molecule has 0 atom stereocenters. The number of carbonyl (C=O) groups excluding carboxylic acids is 1. The Morgan fingerprint density at radius 2 is 1.48 bits per heavy atom. The molecule has 2 heterocycles. The van der Waals surface area contributed by atoms with Crippen LogP contribution in [0, 0.1) is 6.92 Å². The Morgan fingerprint density at radius 3 is 2.17 bits per heavy atom. The molecule has 4 rings (SSSR count). The Bertz CT molecular complexity index is 920. The normalized spacial score (nSPS) is 15.1. The minimum atomic E-state index is 0.202. The molecule has 0 aliphatic carbocycles. The molecule has 1 aromatic heterocycles. The number of hydrogen-bond donors (Lipinski definition) is 0. The van der Waals surface area contributed by atoms with Crippen LogP contribution in [0.1, 0.15) is 36.0 Å². The molecule has 1 fully saturated rings. The molecule has 3 aromatic rings. The molecule has 0 unspecified atom stereocenters. The first-order valence-corrected chi connectivity index (χ1v) is 10.8. The molecule has 2 aromatic carbocycles.